The van der Waals surface area contributed by atoms with Crippen LogP contribution in [-0.2, 0) is 6.54 Å². The normalized spacial score (nSPS) is 9.85. The highest BCUT2D eigenvalue weighted by molar-refractivity contribution is 5.94. The van der Waals surface area contributed by atoms with Gasteiger partial charge in [-0.05, 0) is 35.9 Å². The summed E-state index contributed by atoms with van der Waals surface area (Å²) in [6, 6.07) is 14.7. The fourth-order valence-corrected chi connectivity index (χ4v) is 1.87. The average Bonchev–Trinajstić information content (AvgIpc) is 2.47. The zero-order chi connectivity index (χ0) is 14.5. The number of carbonyl (C=O) groups is 1. The zero-order valence-corrected chi connectivity index (χ0v) is 11.0. The maximum atomic E-state index is 13.1. The number of rotatable bonds is 3. The standard InChI is InChI=1S/C16H13FN2O/c1-19(11-13-7-5-12(10-18)6-8-13)16(20)14-3-2-4-15(17)9-14/h2-9H,11H2,1H3. The van der Waals surface area contributed by atoms with Crippen molar-refractivity contribution in [3.8, 4) is 6.07 Å². The van der Waals surface area contributed by atoms with Gasteiger partial charge >= 0.3 is 0 Å². The molecule has 0 unspecified atom stereocenters. The fourth-order valence-electron chi connectivity index (χ4n) is 1.87. The number of carbonyl (C=O) groups excluding carboxylic acids is 1. The molecule has 0 heterocycles. The Bertz CT molecular complexity index is 659. The molecule has 20 heavy (non-hydrogen) atoms. The first kappa shape index (κ1) is 13.8. The minimum Gasteiger partial charge on any atom is -0.337 e. The molecular weight excluding hydrogens is 255 g/mol. The summed E-state index contributed by atoms with van der Waals surface area (Å²) in [5.41, 5.74) is 1.81. The molecule has 1 amide bonds. The van der Waals surface area contributed by atoms with E-state index in [2.05, 4.69) is 0 Å². The topological polar surface area (TPSA) is 44.1 Å². The van der Waals surface area contributed by atoms with Crippen LogP contribution in [0.1, 0.15) is 21.5 Å². The van der Waals surface area contributed by atoms with Gasteiger partial charge in [0.15, 0.2) is 0 Å². The Morgan fingerprint density at radius 1 is 1.25 bits per heavy atom. The molecule has 100 valence electrons. The van der Waals surface area contributed by atoms with Crippen LogP contribution < -0.4 is 0 Å². The first-order chi connectivity index (χ1) is 9.60. The summed E-state index contributed by atoms with van der Waals surface area (Å²) < 4.78 is 13.1. The number of hydrogen-bond donors (Lipinski definition) is 0. The van der Waals surface area contributed by atoms with Crippen LogP contribution in [0.5, 0.6) is 0 Å². The van der Waals surface area contributed by atoms with Gasteiger partial charge in [0.05, 0.1) is 11.6 Å². The van der Waals surface area contributed by atoms with Gasteiger partial charge in [0.2, 0.25) is 0 Å². The molecule has 0 aliphatic rings. The molecule has 2 rings (SSSR count). The van der Waals surface area contributed by atoms with E-state index in [4.69, 9.17) is 5.26 Å². The van der Waals surface area contributed by atoms with Gasteiger partial charge in [-0.2, -0.15) is 5.26 Å². The van der Waals surface area contributed by atoms with Crippen molar-refractivity contribution in [1.29, 1.82) is 5.26 Å². The van der Waals surface area contributed by atoms with E-state index in [0.717, 1.165) is 5.56 Å². The van der Waals surface area contributed by atoms with Crippen LogP contribution in [0.2, 0.25) is 0 Å². The monoisotopic (exact) mass is 268 g/mol. The molecule has 2 aromatic rings. The predicted octanol–water partition coefficient (Wildman–Crippen LogP) is 2.97. The molecule has 4 heteroatoms. The van der Waals surface area contributed by atoms with Crippen LogP contribution in [0, 0.1) is 17.1 Å². The van der Waals surface area contributed by atoms with Gasteiger partial charge < -0.3 is 4.90 Å². The highest BCUT2D eigenvalue weighted by Crippen LogP contribution is 2.10. The molecule has 0 bridgehead atoms. The van der Waals surface area contributed by atoms with E-state index < -0.39 is 5.82 Å². The van der Waals surface area contributed by atoms with Crippen molar-refractivity contribution in [2.75, 3.05) is 7.05 Å². The van der Waals surface area contributed by atoms with Gasteiger partial charge in [0.1, 0.15) is 5.82 Å². The number of halogens is 1. The Kier molecular flexibility index (Phi) is 4.11. The Balaban J connectivity index is 2.09. The predicted molar refractivity (Wildman–Crippen MR) is 73.4 cm³/mol. The SMILES string of the molecule is CN(Cc1ccc(C#N)cc1)C(=O)c1cccc(F)c1. The molecular formula is C16H13FN2O. The van der Waals surface area contributed by atoms with E-state index in [0.29, 0.717) is 17.7 Å². The summed E-state index contributed by atoms with van der Waals surface area (Å²) in [4.78, 5) is 13.6. The van der Waals surface area contributed by atoms with Crippen molar-refractivity contribution in [3.63, 3.8) is 0 Å². The Morgan fingerprint density at radius 2 is 1.95 bits per heavy atom. The van der Waals surface area contributed by atoms with Crippen LogP contribution in [0.25, 0.3) is 0 Å². The van der Waals surface area contributed by atoms with Gasteiger partial charge in [0, 0.05) is 19.2 Å². The molecule has 0 radical (unpaired) electrons. The third kappa shape index (κ3) is 3.21. The van der Waals surface area contributed by atoms with Crippen molar-refractivity contribution in [1.82, 2.24) is 4.90 Å². The molecule has 0 atom stereocenters. The molecule has 0 fully saturated rings. The smallest absolute Gasteiger partial charge is 0.253 e. The van der Waals surface area contributed by atoms with Crippen LogP contribution in [0.4, 0.5) is 4.39 Å². The van der Waals surface area contributed by atoms with Gasteiger partial charge in [-0.3, -0.25) is 4.79 Å². The maximum absolute atomic E-state index is 13.1. The summed E-state index contributed by atoms with van der Waals surface area (Å²) in [5, 5.41) is 8.72. The Labute approximate surface area is 116 Å². The van der Waals surface area contributed by atoms with Crippen molar-refractivity contribution in [2.45, 2.75) is 6.54 Å². The molecule has 0 aromatic heterocycles. The summed E-state index contributed by atoms with van der Waals surface area (Å²) in [6.07, 6.45) is 0. The largest absolute Gasteiger partial charge is 0.337 e. The van der Waals surface area contributed by atoms with Crippen LogP contribution >= 0.6 is 0 Å². The van der Waals surface area contributed by atoms with Crippen molar-refractivity contribution in [3.05, 3.63) is 71.0 Å². The summed E-state index contributed by atoms with van der Waals surface area (Å²) in [7, 11) is 1.66. The second-order valence-corrected chi connectivity index (χ2v) is 4.48. The van der Waals surface area contributed by atoms with E-state index in [1.54, 1.807) is 37.4 Å². The zero-order valence-electron chi connectivity index (χ0n) is 11.0. The number of nitriles is 1. The van der Waals surface area contributed by atoms with E-state index in [1.807, 2.05) is 6.07 Å². The quantitative estimate of drug-likeness (QED) is 0.859. The minimum absolute atomic E-state index is 0.242. The molecule has 0 saturated carbocycles. The Morgan fingerprint density at radius 3 is 2.55 bits per heavy atom. The number of amides is 1. The number of nitrogens with zero attached hydrogens (tertiary/aromatic N) is 2. The second kappa shape index (κ2) is 5.98. The first-order valence-corrected chi connectivity index (χ1v) is 6.10. The van der Waals surface area contributed by atoms with E-state index >= 15 is 0 Å². The fraction of sp³-hybridized carbons (Fsp3) is 0.125. The summed E-state index contributed by atoms with van der Waals surface area (Å²) in [5.74, 6) is -0.670. The molecule has 2 aromatic carbocycles. The number of benzene rings is 2. The second-order valence-electron chi connectivity index (χ2n) is 4.48. The van der Waals surface area contributed by atoms with Gasteiger partial charge in [-0.1, -0.05) is 18.2 Å². The lowest BCUT2D eigenvalue weighted by Gasteiger charge is -2.17. The lowest BCUT2D eigenvalue weighted by atomic mass is 10.1. The van der Waals surface area contributed by atoms with E-state index in [9.17, 15) is 9.18 Å². The molecule has 3 nitrogen and oxygen atoms in total. The molecule has 0 spiro atoms. The van der Waals surface area contributed by atoms with Crippen LogP contribution in [0.15, 0.2) is 48.5 Å². The third-order valence-electron chi connectivity index (χ3n) is 2.92. The summed E-state index contributed by atoms with van der Waals surface area (Å²) in [6.45, 7) is 0.404. The average molecular weight is 268 g/mol. The first-order valence-electron chi connectivity index (χ1n) is 6.10. The van der Waals surface area contributed by atoms with E-state index in [1.165, 1.54) is 23.1 Å². The van der Waals surface area contributed by atoms with Gasteiger partial charge in [0.25, 0.3) is 5.91 Å². The van der Waals surface area contributed by atoms with E-state index in [-0.39, 0.29) is 5.91 Å². The van der Waals surface area contributed by atoms with Crippen molar-refractivity contribution >= 4 is 5.91 Å². The molecule has 0 saturated heterocycles. The summed E-state index contributed by atoms with van der Waals surface area (Å²) >= 11 is 0. The molecule has 0 aliphatic heterocycles. The maximum Gasteiger partial charge on any atom is 0.253 e. The molecule has 0 N–H and O–H groups in total. The van der Waals surface area contributed by atoms with Gasteiger partial charge in [-0.15, -0.1) is 0 Å². The Hall–Kier alpha value is -2.67. The van der Waals surface area contributed by atoms with Gasteiger partial charge in [-0.25, -0.2) is 4.39 Å². The molecule has 0 aliphatic carbocycles. The highest BCUT2D eigenvalue weighted by atomic mass is 19.1. The lowest BCUT2D eigenvalue weighted by molar-refractivity contribution is 0.0784. The number of hydrogen-bond acceptors (Lipinski definition) is 2. The van der Waals surface area contributed by atoms with Crippen LogP contribution in [-0.4, -0.2) is 17.9 Å². The lowest BCUT2D eigenvalue weighted by Crippen LogP contribution is -2.26. The van der Waals surface area contributed by atoms with Crippen molar-refractivity contribution < 1.29 is 9.18 Å². The minimum atomic E-state index is -0.428. The third-order valence-corrected chi connectivity index (χ3v) is 2.92. The van der Waals surface area contributed by atoms with Crippen molar-refractivity contribution in [2.24, 2.45) is 0 Å². The highest BCUT2D eigenvalue weighted by Gasteiger charge is 2.12. The van der Waals surface area contributed by atoms with Crippen LogP contribution in [0.3, 0.4) is 0 Å².